The van der Waals surface area contributed by atoms with Crippen LogP contribution in [0, 0.1) is 11.3 Å². The largest absolute Gasteiger partial charge is 0.388 e. The predicted octanol–water partition coefficient (Wildman–Crippen LogP) is 4.80. The summed E-state index contributed by atoms with van der Waals surface area (Å²) in [6.45, 7) is 9.07. The molecule has 2 atom stereocenters. The van der Waals surface area contributed by atoms with Crippen molar-refractivity contribution in [2.75, 3.05) is 0 Å². The molecule has 0 fully saturated rings. The number of fused-ring (bicyclic) bond motifs is 1. The van der Waals surface area contributed by atoms with E-state index in [1.807, 2.05) is 11.3 Å². The Balaban J connectivity index is 2.07. The average Bonchev–Trinajstić information content (AvgIpc) is 2.99. The fourth-order valence-corrected chi connectivity index (χ4v) is 4.65. The van der Waals surface area contributed by atoms with E-state index in [0.717, 1.165) is 18.4 Å². The lowest BCUT2D eigenvalue weighted by Gasteiger charge is -2.35. The van der Waals surface area contributed by atoms with Crippen molar-refractivity contribution in [2.45, 2.75) is 52.7 Å². The Hall–Kier alpha value is -1.06. The molecule has 3 heteroatoms. The fraction of sp³-hybridized carbons (Fsp3) is 0.556. The van der Waals surface area contributed by atoms with Gasteiger partial charge in [-0.15, -0.1) is 11.3 Å². The standard InChI is InChI=1S/C18H25NOS/c1-12(2)17(16-6-5-9-21-16)19-8-7-13-14(19)10-18(3,4)11-15(13)20/h5-9,12,15,17,20H,10-11H2,1-4H3. The van der Waals surface area contributed by atoms with E-state index in [9.17, 15) is 5.11 Å². The summed E-state index contributed by atoms with van der Waals surface area (Å²) >= 11 is 1.83. The first-order chi connectivity index (χ1) is 9.89. The van der Waals surface area contributed by atoms with Crippen LogP contribution in [0.15, 0.2) is 29.8 Å². The first-order valence-electron chi connectivity index (χ1n) is 7.80. The molecule has 114 valence electrons. The van der Waals surface area contributed by atoms with Gasteiger partial charge < -0.3 is 9.67 Å². The number of thiophene rings is 1. The molecule has 2 heterocycles. The van der Waals surface area contributed by atoms with Crippen LogP contribution in [0.2, 0.25) is 0 Å². The highest BCUT2D eigenvalue weighted by Crippen LogP contribution is 2.43. The maximum atomic E-state index is 10.5. The normalized spacial score (nSPS) is 22.3. The van der Waals surface area contributed by atoms with Gasteiger partial charge >= 0.3 is 0 Å². The third kappa shape index (κ3) is 2.69. The van der Waals surface area contributed by atoms with Crippen molar-refractivity contribution in [1.29, 1.82) is 0 Å². The van der Waals surface area contributed by atoms with Gasteiger partial charge in [0.25, 0.3) is 0 Å². The third-order valence-electron chi connectivity index (χ3n) is 4.58. The molecular weight excluding hydrogens is 278 g/mol. The van der Waals surface area contributed by atoms with E-state index in [1.165, 1.54) is 10.6 Å². The minimum Gasteiger partial charge on any atom is -0.388 e. The molecule has 1 aliphatic rings. The average molecular weight is 303 g/mol. The van der Waals surface area contributed by atoms with E-state index in [1.54, 1.807) is 0 Å². The second kappa shape index (κ2) is 5.29. The van der Waals surface area contributed by atoms with Crippen LogP contribution in [0.25, 0.3) is 0 Å². The number of aromatic nitrogens is 1. The minimum absolute atomic E-state index is 0.166. The monoisotopic (exact) mass is 303 g/mol. The first kappa shape index (κ1) is 14.9. The smallest absolute Gasteiger partial charge is 0.0812 e. The molecule has 0 radical (unpaired) electrons. The topological polar surface area (TPSA) is 25.2 Å². The molecule has 2 aromatic rings. The molecule has 21 heavy (non-hydrogen) atoms. The summed E-state index contributed by atoms with van der Waals surface area (Å²) in [4.78, 5) is 1.40. The minimum atomic E-state index is -0.318. The maximum absolute atomic E-state index is 10.5. The van der Waals surface area contributed by atoms with Crippen molar-refractivity contribution in [3.05, 3.63) is 45.9 Å². The molecule has 1 N–H and O–H groups in total. The number of nitrogens with zero attached hydrogens (tertiary/aromatic N) is 1. The third-order valence-corrected chi connectivity index (χ3v) is 5.52. The molecule has 0 bridgehead atoms. The number of rotatable bonds is 3. The molecule has 0 amide bonds. The SMILES string of the molecule is CC(C)C(c1cccs1)n1ccc2c1CC(C)(C)CC2O. The van der Waals surface area contributed by atoms with Gasteiger partial charge in [-0.1, -0.05) is 33.8 Å². The summed E-state index contributed by atoms with van der Waals surface area (Å²) in [7, 11) is 0. The molecule has 0 aromatic carbocycles. The van der Waals surface area contributed by atoms with Gasteiger partial charge in [0.15, 0.2) is 0 Å². The van der Waals surface area contributed by atoms with Crippen molar-refractivity contribution in [2.24, 2.45) is 11.3 Å². The number of aliphatic hydroxyl groups is 1. The van der Waals surface area contributed by atoms with Gasteiger partial charge in [0.1, 0.15) is 0 Å². The summed E-state index contributed by atoms with van der Waals surface area (Å²) in [5, 5.41) is 12.6. The highest BCUT2D eigenvalue weighted by atomic mass is 32.1. The van der Waals surface area contributed by atoms with E-state index in [0.29, 0.717) is 12.0 Å². The second-order valence-electron chi connectivity index (χ2n) is 7.39. The summed E-state index contributed by atoms with van der Waals surface area (Å²) in [5.41, 5.74) is 2.63. The number of hydrogen-bond donors (Lipinski definition) is 1. The number of hydrogen-bond acceptors (Lipinski definition) is 2. The zero-order valence-electron chi connectivity index (χ0n) is 13.3. The van der Waals surface area contributed by atoms with E-state index < -0.39 is 0 Å². The van der Waals surface area contributed by atoms with Crippen molar-refractivity contribution < 1.29 is 5.11 Å². The summed E-state index contributed by atoms with van der Waals surface area (Å²) in [6.07, 6.45) is 3.76. The van der Waals surface area contributed by atoms with Crippen LogP contribution in [0.5, 0.6) is 0 Å². The van der Waals surface area contributed by atoms with E-state index >= 15 is 0 Å². The van der Waals surface area contributed by atoms with Crippen LogP contribution in [0.3, 0.4) is 0 Å². The lowest BCUT2D eigenvalue weighted by molar-refractivity contribution is 0.0973. The van der Waals surface area contributed by atoms with Gasteiger partial charge in [0.2, 0.25) is 0 Å². The predicted molar refractivity (Wildman–Crippen MR) is 88.8 cm³/mol. The van der Waals surface area contributed by atoms with Crippen LogP contribution in [-0.2, 0) is 6.42 Å². The highest BCUT2D eigenvalue weighted by molar-refractivity contribution is 7.10. The van der Waals surface area contributed by atoms with Crippen LogP contribution < -0.4 is 0 Å². The Kier molecular flexibility index (Phi) is 3.74. The summed E-state index contributed by atoms with van der Waals surface area (Å²) in [6, 6.07) is 6.85. The van der Waals surface area contributed by atoms with Crippen LogP contribution in [0.4, 0.5) is 0 Å². The number of aliphatic hydroxyl groups excluding tert-OH is 1. The Morgan fingerprint density at radius 1 is 1.33 bits per heavy atom. The molecule has 0 saturated carbocycles. The zero-order valence-corrected chi connectivity index (χ0v) is 14.2. The van der Waals surface area contributed by atoms with Crippen LogP contribution >= 0.6 is 11.3 Å². The van der Waals surface area contributed by atoms with E-state index in [-0.39, 0.29) is 11.5 Å². The maximum Gasteiger partial charge on any atom is 0.0812 e. The van der Waals surface area contributed by atoms with Crippen molar-refractivity contribution in [3.8, 4) is 0 Å². The van der Waals surface area contributed by atoms with E-state index in [2.05, 4.69) is 62.0 Å². The van der Waals surface area contributed by atoms with Crippen molar-refractivity contribution in [1.82, 2.24) is 4.57 Å². The van der Waals surface area contributed by atoms with E-state index in [4.69, 9.17) is 0 Å². The molecule has 1 aliphatic carbocycles. The van der Waals surface area contributed by atoms with Gasteiger partial charge in [0, 0.05) is 22.3 Å². The molecule has 3 rings (SSSR count). The molecule has 0 saturated heterocycles. The molecule has 0 aliphatic heterocycles. The molecule has 2 nitrogen and oxygen atoms in total. The summed E-state index contributed by atoms with van der Waals surface area (Å²) < 4.78 is 2.41. The van der Waals surface area contributed by atoms with Gasteiger partial charge in [-0.3, -0.25) is 0 Å². The lowest BCUT2D eigenvalue weighted by atomic mass is 9.75. The fourth-order valence-electron chi connectivity index (χ4n) is 3.66. The van der Waals surface area contributed by atoms with Gasteiger partial charge in [-0.05, 0) is 41.7 Å². The van der Waals surface area contributed by atoms with Crippen molar-refractivity contribution >= 4 is 11.3 Å². The van der Waals surface area contributed by atoms with Gasteiger partial charge in [-0.25, -0.2) is 0 Å². The van der Waals surface area contributed by atoms with Gasteiger partial charge in [-0.2, -0.15) is 0 Å². The lowest BCUT2D eigenvalue weighted by Crippen LogP contribution is -2.28. The Labute approximate surface area is 131 Å². The Morgan fingerprint density at radius 2 is 2.10 bits per heavy atom. The summed E-state index contributed by atoms with van der Waals surface area (Å²) in [5.74, 6) is 0.530. The molecule has 2 aromatic heterocycles. The Bertz CT molecular complexity index is 609. The molecule has 2 unspecified atom stereocenters. The Morgan fingerprint density at radius 3 is 2.71 bits per heavy atom. The molecular formula is C18H25NOS. The second-order valence-corrected chi connectivity index (χ2v) is 8.37. The quantitative estimate of drug-likeness (QED) is 0.865. The first-order valence-corrected chi connectivity index (χ1v) is 8.68. The van der Waals surface area contributed by atoms with Crippen LogP contribution in [-0.4, -0.2) is 9.67 Å². The zero-order chi connectivity index (χ0) is 15.2. The van der Waals surface area contributed by atoms with Crippen LogP contribution in [0.1, 0.15) is 62.4 Å². The van der Waals surface area contributed by atoms with Gasteiger partial charge in [0.05, 0.1) is 12.1 Å². The van der Waals surface area contributed by atoms with Crippen molar-refractivity contribution in [3.63, 3.8) is 0 Å². The highest BCUT2D eigenvalue weighted by Gasteiger charge is 2.35. The molecule has 0 spiro atoms.